The quantitative estimate of drug-likeness (QED) is 0.519. The molecule has 0 radical (unpaired) electrons. The molecule has 11 nitrogen and oxygen atoms in total. The summed E-state index contributed by atoms with van der Waals surface area (Å²) in [7, 11) is -3.74. The zero-order valence-corrected chi connectivity index (χ0v) is 18.4. The number of hydrogen-bond donors (Lipinski definition) is 1. The van der Waals surface area contributed by atoms with Crippen molar-refractivity contribution in [2.24, 2.45) is 0 Å². The molecule has 3 rings (SSSR count). The first-order valence-corrected chi connectivity index (χ1v) is 11.3. The van der Waals surface area contributed by atoms with Crippen LogP contribution in [0.5, 0.6) is 0 Å². The van der Waals surface area contributed by atoms with Gasteiger partial charge in [-0.3, -0.25) is 19.8 Å². The Hall–Kier alpha value is -2.83. The van der Waals surface area contributed by atoms with Crippen molar-refractivity contribution in [2.75, 3.05) is 31.5 Å². The van der Waals surface area contributed by atoms with E-state index >= 15 is 0 Å². The van der Waals surface area contributed by atoms with E-state index in [9.17, 15) is 23.3 Å². The third-order valence-corrected chi connectivity index (χ3v) is 7.47. The Morgan fingerprint density at radius 2 is 1.87 bits per heavy atom. The number of hydrogen-bond acceptors (Lipinski definition) is 8. The summed E-state index contributed by atoms with van der Waals surface area (Å²) >= 11 is 0. The number of nitrogens with zero attached hydrogens (tertiary/aromatic N) is 4. The summed E-state index contributed by atoms with van der Waals surface area (Å²) in [6.45, 7) is 6.43. The summed E-state index contributed by atoms with van der Waals surface area (Å²) in [5.41, 5.74) is 0.729. The Morgan fingerprint density at radius 3 is 2.45 bits per heavy atom. The standard InChI is InChI=1S/C19H25N5O6S/c1-13-18(15(3)30-21-13)31(28,29)23-10-4-9-22(11-12-23)14(2)19(25)20-16-5-7-17(8-6-16)24(26)27/h5-8,14H,4,9-12H2,1-3H3,(H,20,25). The molecule has 2 aromatic rings. The predicted molar refractivity (Wildman–Crippen MR) is 112 cm³/mol. The van der Waals surface area contributed by atoms with Crippen LogP contribution in [0.15, 0.2) is 33.7 Å². The van der Waals surface area contributed by atoms with Gasteiger partial charge >= 0.3 is 0 Å². The molecule has 0 spiro atoms. The highest BCUT2D eigenvalue weighted by molar-refractivity contribution is 7.89. The number of anilines is 1. The van der Waals surface area contributed by atoms with E-state index in [-0.39, 0.29) is 28.8 Å². The number of nitro groups is 1. The third-order valence-electron chi connectivity index (χ3n) is 5.33. The minimum Gasteiger partial charge on any atom is -0.360 e. The van der Waals surface area contributed by atoms with E-state index in [2.05, 4.69) is 10.5 Å². The Kier molecular flexibility index (Phi) is 6.72. The van der Waals surface area contributed by atoms with Crippen LogP contribution >= 0.6 is 0 Å². The highest BCUT2D eigenvalue weighted by atomic mass is 32.2. The second-order valence-electron chi connectivity index (χ2n) is 7.42. The lowest BCUT2D eigenvalue weighted by Gasteiger charge is -2.26. The molecule has 12 heteroatoms. The molecule has 1 aliphatic rings. The molecule has 1 fully saturated rings. The van der Waals surface area contributed by atoms with Crippen LogP contribution in [-0.4, -0.2) is 65.8 Å². The highest BCUT2D eigenvalue weighted by Gasteiger charge is 2.33. The van der Waals surface area contributed by atoms with Crippen LogP contribution in [0.3, 0.4) is 0 Å². The van der Waals surface area contributed by atoms with Crippen LogP contribution in [0, 0.1) is 24.0 Å². The van der Waals surface area contributed by atoms with E-state index < -0.39 is 21.0 Å². The molecule has 1 saturated heterocycles. The fourth-order valence-electron chi connectivity index (χ4n) is 3.59. The minimum atomic E-state index is -3.74. The molecule has 1 aromatic heterocycles. The lowest BCUT2D eigenvalue weighted by atomic mass is 10.2. The molecule has 1 aliphatic heterocycles. The topological polar surface area (TPSA) is 139 Å². The van der Waals surface area contributed by atoms with Gasteiger partial charge in [-0.2, -0.15) is 4.31 Å². The molecule has 1 atom stereocenters. The molecular formula is C19H25N5O6S. The van der Waals surface area contributed by atoms with Crippen molar-refractivity contribution in [3.63, 3.8) is 0 Å². The van der Waals surface area contributed by atoms with Crippen LogP contribution in [0.4, 0.5) is 11.4 Å². The highest BCUT2D eigenvalue weighted by Crippen LogP contribution is 2.24. The van der Waals surface area contributed by atoms with Gasteiger partial charge in [-0.1, -0.05) is 5.16 Å². The van der Waals surface area contributed by atoms with Crippen LogP contribution in [-0.2, 0) is 14.8 Å². The first-order chi connectivity index (χ1) is 14.6. The van der Waals surface area contributed by atoms with Gasteiger partial charge in [0.1, 0.15) is 10.6 Å². The molecule has 0 aliphatic carbocycles. The van der Waals surface area contributed by atoms with Crippen molar-refractivity contribution >= 4 is 27.3 Å². The van der Waals surface area contributed by atoms with Gasteiger partial charge in [0.25, 0.3) is 5.69 Å². The summed E-state index contributed by atoms with van der Waals surface area (Å²) < 4.78 is 32.5. The second kappa shape index (κ2) is 9.12. The summed E-state index contributed by atoms with van der Waals surface area (Å²) in [4.78, 5) is 24.9. The number of rotatable bonds is 6. The van der Waals surface area contributed by atoms with Gasteiger partial charge in [0.15, 0.2) is 5.76 Å². The smallest absolute Gasteiger partial charge is 0.269 e. The normalized spacial score (nSPS) is 17.1. The van der Waals surface area contributed by atoms with Crippen molar-refractivity contribution in [2.45, 2.75) is 38.1 Å². The second-order valence-corrected chi connectivity index (χ2v) is 9.29. The van der Waals surface area contributed by atoms with Crippen LogP contribution in [0.1, 0.15) is 24.8 Å². The van der Waals surface area contributed by atoms with Crippen molar-refractivity contribution in [3.05, 3.63) is 45.8 Å². The fourth-order valence-corrected chi connectivity index (χ4v) is 5.35. The van der Waals surface area contributed by atoms with E-state index in [1.54, 1.807) is 20.8 Å². The van der Waals surface area contributed by atoms with E-state index in [1.165, 1.54) is 28.6 Å². The molecular weight excluding hydrogens is 426 g/mol. The van der Waals surface area contributed by atoms with E-state index in [0.717, 1.165) is 0 Å². The molecule has 1 unspecified atom stereocenters. The van der Waals surface area contributed by atoms with Crippen LogP contribution in [0.25, 0.3) is 0 Å². The average molecular weight is 452 g/mol. The summed E-state index contributed by atoms with van der Waals surface area (Å²) in [6, 6.07) is 5.09. The van der Waals surface area contributed by atoms with Crippen LogP contribution in [0.2, 0.25) is 0 Å². The fraction of sp³-hybridized carbons (Fsp3) is 0.474. The van der Waals surface area contributed by atoms with E-state index in [1.807, 2.05) is 4.90 Å². The van der Waals surface area contributed by atoms with Gasteiger partial charge in [-0.15, -0.1) is 0 Å². The predicted octanol–water partition coefficient (Wildman–Crippen LogP) is 1.92. The molecule has 2 heterocycles. The molecule has 1 N–H and O–H groups in total. The first-order valence-electron chi connectivity index (χ1n) is 9.83. The number of sulfonamides is 1. The molecule has 1 aromatic carbocycles. The number of amides is 1. The van der Waals surface area contributed by atoms with Crippen molar-refractivity contribution in [1.82, 2.24) is 14.4 Å². The molecule has 0 saturated carbocycles. The lowest BCUT2D eigenvalue weighted by molar-refractivity contribution is -0.384. The number of non-ortho nitro benzene ring substituents is 1. The Balaban J connectivity index is 1.64. The monoisotopic (exact) mass is 451 g/mol. The maximum absolute atomic E-state index is 13.0. The summed E-state index contributed by atoms with van der Waals surface area (Å²) in [5.74, 6) is -0.00895. The number of aryl methyl sites for hydroxylation is 2. The molecule has 1 amide bonds. The van der Waals surface area contributed by atoms with Gasteiger partial charge < -0.3 is 9.84 Å². The average Bonchev–Trinajstić information content (AvgIpc) is 2.92. The largest absolute Gasteiger partial charge is 0.360 e. The van der Waals surface area contributed by atoms with Crippen molar-refractivity contribution in [1.29, 1.82) is 0 Å². The molecule has 31 heavy (non-hydrogen) atoms. The number of carbonyl (C=O) groups is 1. The first kappa shape index (κ1) is 22.8. The Bertz CT molecular complexity index is 1050. The number of nitrogens with one attached hydrogen (secondary N) is 1. The van der Waals surface area contributed by atoms with Crippen molar-refractivity contribution in [3.8, 4) is 0 Å². The van der Waals surface area contributed by atoms with Crippen molar-refractivity contribution < 1.29 is 22.7 Å². The maximum Gasteiger partial charge on any atom is 0.269 e. The van der Waals surface area contributed by atoms with Crippen LogP contribution < -0.4 is 5.32 Å². The number of carbonyl (C=O) groups excluding carboxylic acids is 1. The van der Waals surface area contributed by atoms with Gasteiger partial charge in [-0.25, -0.2) is 8.42 Å². The van der Waals surface area contributed by atoms with Gasteiger partial charge in [-0.05, 0) is 39.3 Å². The SMILES string of the molecule is Cc1noc(C)c1S(=O)(=O)N1CCCN(C(C)C(=O)Nc2ccc([N+](=O)[O-])cc2)CC1. The third kappa shape index (κ3) is 4.92. The molecule has 168 valence electrons. The summed E-state index contributed by atoms with van der Waals surface area (Å²) in [6.07, 6.45) is 0.567. The number of benzene rings is 1. The Labute approximate surface area is 180 Å². The number of nitro benzene ring substituents is 1. The Morgan fingerprint density at radius 1 is 1.19 bits per heavy atom. The van der Waals surface area contributed by atoms with E-state index in [4.69, 9.17) is 4.52 Å². The zero-order chi connectivity index (χ0) is 22.8. The van der Waals surface area contributed by atoms with Gasteiger partial charge in [0.05, 0.1) is 11.0 Å². The zero-order valence-electron chi connectivity index (χ0n) is 17.6. The maximum atomic E-state index is 13.0. The minimum absolute atomic E-state index is 0.0573. The van der Waals surface area contributed by atoms with Gasteiger partial charge in [0, 0.05) is 44.0 Å². The van der Waals surface area contributed by atoms with E-state index in [0.29, 0.717) is 37.4 Å². The van der Waals surface area contributed by atoms with Gasteiger partial charge in [0.2, 0.25) is 15.9 Å². The molecule has 0 bridgehead atoms. The lowest BCUT2D eigenvalue weighted by Crippen LogP contribution is -2.44. The summed E-state index contributed by atoms with van der Waals surface area (Å²) in [5, 5.41) is 17.2. The number of aromatic nitrogens is 1.